The number of unbranched alkanes of at least 4 members (excludes halogenated alkanes) is 35. The zero-order chi connectivity index (χ0) is 43.0. The summed E-state index contributed by atoms with van der Waals surface area (Å²) in [5.74, 6) is -0.861. The van der Waals surface area contributed by atoms with Crippen molar-refractivity contribution in [3.63, 3.8) is 0 Å². The molecule has 59 heavy (non-hydrogen) atoms. The van der Waals surface area contributed by atoms with E-state index in [9.17, 15) is 14.4 Å². The first-order chi connectivity index (χ1) is 29.0. The lowest BCUT2D eigenvalue weighted by molar-refractivity contribution is -0.167. The molecule has 348 valence electrons. The number of carbonyl (C=O) groups excluding carboxylic acids is 3. The van der Waals surface area contributed by atoms with Crippen molar-refractivity contribution in [2.24, 2.45) is 0 Å². The highest BCUT2D eigenvalue weighted by Gasteiger charge is 2.19. The molecular weight excluding hydrogens is 733 g/mol. The van der Waals surface area contributed by atoms with Gasteiger partial charge in [-0.1, -0.05) is 238 Å². The fourth-order valence-corrected chi connectivity index (χ4v) is 7.79. The van der Waals surface area contributed by atoms with Crippen LogP contribution in [0.3, 0.4) is 0 Å². The molecule has 6 heteroatoms. The van der Waals surface area contributed by atoms with Gasteiger partial charge in [0.15, 0.2) is 6.10 Å². The molecule has 6 nitrogen and oxygen atoms in total. The van der Waals surface area contributed by atoms with Gasteiger partial charge in [0, 0.05) is 19.3 Å². The van der Waals surface area contributed by atoms with Gasteiger partial charge in [-0.15, -0.1) is 0 Å². The maximum atomic E-state index is 12.8. The third-order valence-electron chi connectivity index (χ3n) is 11.8. The van der Waals surface area contributed by atoms with E-state index in [-0.39, 0.29) is 31.1 Å². The maximum Gasteiger partial charge on any atom is 0.306 e. The van der Waals surface area contributed by atoms with Gasteiger partial charge in [-0.2, -0.15) is 0 Å². The topological polar surface area (TPSA) is 78.9 Å². The first-order valence-electron chi connectivity index (χ1n) is 26.2. The summed E-state index contributed by atoms with van der Waals surface area (Å²) in [6.45, 7) is 6.65. The number of ether oxygens (including phenoxy) is 3. The second-order valence-corrected chi connectivity index (χ2v) is 17.8. The average molecular weight is 833 g/mol. The Balaban J connectivity index is 4.29. The van der Waals surface area contributed by atoms with Crippen LogP contribution in [0.15, 0.2) is 12.2 Å². The Hall–Kier alpha value is -1.85. The molecule has 0 bridgehead atoms. The molecule has 0 aromatic heterocycles. The molecule has 0 aliphatic rings. The van der Waals surface area contributed by atoms with E-state index in [2.05, 4.69) is 32.9 Å². The minimum absolute atomic E-state index is 0.0681. The van der Waals surface area contributed by atoms with E-state index in [0.29, 0.717) is 19.3 Å². The van der Waals surface area contributed by atoms with Crippen molar-refractivity contribution < 1.29 is 28.6 Å². The van der Waals surface area contributed by atoms with Crippen LogP contribution in [0.1, 0.15) is 290 Å². The van der Waals surface area contributed by atoms with Crippen LogP contribution in [0, 0.1) is 0 Å². The summed E-state index contributed by atoms with van der Waals surface area (Å²) in [6, 6.07) is 0. The van der Waals surface area contributed by atoms with E-state index in [1.165, 1.54) is 186 Å². The third-order valence-corrected chi connectivity index (χ3v) is 11.8. The van der Waals surface area contributed by atoms with Crippen molar-refractivity contribution in [1.82, 2.24) is 0 Å². The molecule has 0 aromatic rings. The quantitative estimate of drug-likeness (QED) is 0.0263. The Kier molecular flexibility index (Phi) is 47.3. The highest BCUT2D eigenvalue weighted by molar-refractivity contribution is 5.71. The summed E-state index contributed by atoms with van der Waals surface area (Å²) in [6.07, 6.45) is 53.4. The number of rotatable bonds is 48. The van der Waals surface area contributed by atoms with Gasteiger partial charge in [-0.3, -0.25) is 14.4 Å². The van der Waals surface area contributed by atoms with E-state index in [1.807, 2.05) is 0 Å². The largest absolute Gasteiger partial charge is 0.462 e. The van der Waals surface area contributed by atoms with Crippen molar-refractivity contribution in [2.45, 2.75) is 297 Å². The Labute approximate surface area is 367 Å². The highest BCUT2D eigenvalue weighted by Crippen LogP contribution is 2.16. The summed E-state index contributed by atoms with van der Waals surface area (Å²) < 4.78 is 16.8. The fourth-order valence-electron chi connectivity index (χ4n) is 7.79. The molecule has 0 amide bonds. The fraction of sp³-hybridized carbons (Fsp3) is 0.906. The first kappa shape index (κ1) is 57.1. The second-order valence-electron chi connectivity index (χ2n) is 17.8. The molecule has 0 aromatic carbocycles. The minimum atomic E-state index is -0.767. The predicted molar refractivity (Wildman–Crippen MR) is 252 cm³/mol. The molecule has 0 saturated carbocycles. The number of carbonyl (C=O) groups is 3. The second kappa shape index (κ2) is 48.8. The summed E-state index contributed by atoms with van der Waals surface area (Å²) in [5, 5.41) is 0. The zero-order valence-electron chi connectivity index (χ0n) is 39.8. The molecule has 0 fully saturated rings. The Bertz CT molecular complexity index is 916. The van der Waals surface area contributed by atoms with Crippen LogP contribution in [-0.2, 0) is 28.6 Å². The molecule has 0 heterocycles. The number of allylic oxidation sites excluding steroid dienone is 2. The summed E-state index contributed by atoms with van der Waals surface area (Å²) in [7, 11) is 0. The molecular formula is C53H100O6. The Morgan fingerprint density at radius 3 is 0.864 bits per heavy atom. The maximum absolute atomic E-state index is 12.8. The van der Waals surface area contributed by atoms with Gasteiger partial charge in [0.1, 0.15) is 13.2 Å². The molecule has 0 spiro atoms. The number of hydrogen-bond acceptors (Lipinski definition) is 6. The van der Waals surface area contributed by atoms with E-state index in [1.54, 1.807) is 0 Å². The van der Waals surface area contributed by atoms with Crippen LogP contribution in [-0.4, -0.2) is 37.2 Å². The number of hydrogen-bond donors (Lipinski definition) is 0. The molecule has 0 aliphatic heterocycles. The van der Waals surface area contributed by atoms with Gasteiger partial charge in [-0.25, -0.2) is 0 Å². The van der Waals surface area contributed by atoms with Crippen LogP contribution in [0.2, 0.25) is 0 Å². The van der Waals surface area contributed by atoms with Crippen molar-refractivity contribution in [1.29, 1.82) is 0 Å². The van der Waals surface area contributed by atoms with Gasteiger partial charge >= 0.3 is 17.9 Å². The molecule has 0 N–H and O–H groups in total. The third kappa shape index (κ3) is 47.1. The van der Waals surface area contributed by atoms with Gasteiger partial charge < -0.3 is 14.2 Å². The average Bonchev–Trinajstić information content (AvgIpc) is 3.23. The molecule has 0 rings (SSSR count). The SMILES string of the molecule is CCCCCC/C=C\CCCCCCCC(=O)O[C@H](COC(=O)CCCCCCCCCCCCC)COC(=O)CCCCCCCCCCCCCCCCCCC. The molecule has 0 aliphatic carbocycles. The van der Waals surface area contributed by atoms with Crippen LogP contribution in [0.25, 0.3) is 0 Å². The molecule has 1 atom stereocenters. The summed E-state index contributed by atoms with van der Waals surface area (Å²) in [4.78, 5) is 37.9. The normalized spacial score (nSPS) is 12.0. The lowest BCUT2D eigenvalue weighted by atomic mass is 10.0. The summed E-state index contributed by atoms with van der Waals surface area (Å²) >= 11 is 0. The monoisotopic (exact) mass is 833 g/mol. The Morgan fingerprint density at radius 1 is 0.322 bits per heavy atom. The van der Waals surface area contributed by atoms with E-state index < -0.39 is 6.10 Å². The first-order valence-corrected chi connectivity index (χ1v) is 26.2. The van der Waals surface area contributed by atoms with Gasteiger partial charge in [-0.05, 0) is 44.9 Å². The van der Waals surface area contributed by atoms with Crippen LogP contribution in [0.4, 0.5) is 0 Å². The standard InChI is InChI=1S/C53H100O6/c1-4-7-10-13-16-19-22-24-25-26-27-29-31-34-37-40-43-46-52(55)58-49-50(48-57-51(54)45-42-39-36-33-30-21-18-15-12-9-6-3)59-53(56)47-44-41-38-35-32-28-23-20-17-14-11-8-5-2/h20,23,50H,4-19,21-22,24-49H2,1-3H3/b23-20-/t50-/m1/s1. The lowest BCUT2D eigenvalue weighted by Crippen LogP contribution is -2.30. The van der Waals surface area contributed by atoms with Crippen molar-refractivity contribution in [3.05, 3.63) is 12.2 Å². The van der Waals surface area contributed by atoms with E-state index >= 15 is 0 Å². The molecule has 0 unspecified atom stereocenters. The van der Waals surface area contributed by atoms with Crippen molar-refractivity contribution >= 4 is 17.9 Å². The molecule has 0 saturated heterocycles. The van der Waals surface area contributed by atoms with Crippen molar-refractivity contribution in [3.8, 4) is 0 Å². The molecule has 0 radical (unpaired) electrons. The van der Waals surface area contributed by atoms with Crippen LogP contribution in [0.5, 0.6) is 0 Å². The minimum Gasteiger partial charge on any atom is -0.462 e. The van der Waals surface area contributed by atoms with Crippen LogP contribution >= 0.6 is 0 Å². The van der Waals surface area contributed by atoms with Gasteiger partial charge in [0.2, 0.25) is 0 Å². The lowest BCUT2D eigenvalue weighted by Gasteiger charge is -2.18. The van der Waals surface area contributed by atoms with Crippen molar-refractivity contribution in [2.75, 3.05) is 13.2 Å². The zero-order valence-corrected chi connectivity index (χ0v) is 39.8. The summed E-state index contributed by atoms with van der Waals surface area (Å²) in [5.41, 5.74) is 0. The Morgan fingerprint density at radius 2 is 0.559 bits per heavy atom. The highest BCUT2D eigenvalue weighted by atomic mass is 16.6. The van der Waals surface area contributed by atoms with Gasteiger partial charge in [0.25, 0.3) is 0 Å². The number of esters is 3. The van der Waals surface area contributed by atoms with E-state index in [0.717, 1.165) is 64.2 Å². The van der Waals surface area contributed by atoms with E-state index in [4.69, 9.17) is 14.2 Å². The predicted octanol–water partition coefficient (Wildman–Crippen LogP) is 17.0. The van der Waals surface area contributed by atoms with Crippen LogP contribution < -0.4 is 0 Å². The smallest absolute Gasteiger partial charge is 0.306 e. The van der Waals surface area contributed by atoms with Gasteiger partial charge in [0.05, 0.1) is 0 Å².